The molecule has 9 heteroatoms. The van der Waals surface area contributed by atoms with Gasteiger partial charge in [-0.3, -0.25) is 4.79 Å². The molecule has 1 aliphatic rings. The third-order valence-electron chi connectivity index (χ3n) is 5.57. The Balaban J connectivity index is 1.43. The van der Waals surface area contributed by atoms with Crippen LogP contribution in [0.3, 0.4) is 0 Å². The molecule has 0 spiro atoms. The zero-order valence-corrected chi connectivity index (χ0v) is 17.7. The number of carbonyl (C=O) groups is 1. The van der Waals surface area contributed by atoms with E-state index in [9.17, 15) is 4.79 Å². The van der Waals surface area contributed by atoms with Gasteiger partial charge in [0.05, 0.1) is 61.0 Å². The summed E-state index contributed by atoms with van der Waals surface area (Å²) >= 11 is 0. The summed E-state index contributed by atoms with van der Waals surface area (Å²) in [6.45, 7) is 3.51. The predicted molar refractivity (Wildman–Crippen MR) is 117 cm³/mol. The number of carbonyl (C=O) groups excluding carboxylic acids is 1. The van der Waals surface area contributed by atoms with Crippen molar-refractivity contribution in [2.75, 3.05) is 19.8 Å². The van der Waals surface area contributed by atoms with Gasteiger partial charge in [-0.25, -0.2) is 4.68 Å². The molecule has 4 aromatic rings. The molecule has 2 aromatic heterocycles. The highest BCUT2D eigenvalue weighted by Crippen LogP contribution is 2.22. The largest absolute Gasteiger partial charge is 0.377 e. The summed E-state index contributed by atoms with van der Waals surface area (Å²) in [4.78, 5) is 17.1. The van der Waals surface area contributed by atoms with E-state index in [0.717, 1.165) is 16.8 Å². The number of benzene rings is 2. The predicted octanol–water partition coefficient (Wildman–Crippen LogP) is 2.24. The van der Waals surface area contributed by atoms with E-state index in [1.54, 1.807) is 29.5 Å². The number of rotatable bonds is 5. The average Bonchev–Trinajstić information content (AvgIpc) is 3.54. The molecule has 5 rings (SSSR count). The van der Waals surface area contributed by atoms with Crippen LogP contribution in [0.2, 0.25) is 0 Å². The summed E-state index contributed by atoms with van der Waals surface area (Å²) in [5.41, 5.74) is 4.30. The zero-order valence-electron chi connectivity index (χ0n) is 17.7. The number of ether oxygens (including phenoxy) is 1. The number of aryl methyl sites for hydroxylation is 1. The maximum atomic E-state index is 13.7. The van der Waals surface area contributed by atoms with Crippen LogP contribution in [-0.2, 0) is 11.2 Å². The zero-order chi connectivity index (χ0) is 21.9. The molecule has 9 nitrogen and oxygen atoms in total. The van der Waals surface area contributed by atoms with Crippen LogP contribution >= 0.6 is 0 Å². The van der Waals surface area contributed by atoms with Gasteiger partial charge in [0.1, 0.15) is 0 Å². The van der Waals surface area contributed by atoms with Crippen molar-refractivity contribution in [1.82, 2.24) is 34.9 Å². The molecule has 162 valence electrons. The smallest absolute Gasteiger partial charge is 0.256 e. The highest BCUT2D eigenvalue weighted by Gasteiger charge is 2.30. The quantitative estimate of drug-likeness (QED) is 0.483. The Labute approximate surface area is 185 Å². The van der Waals surface area contributed by atoms with Gasteiger partial charge in [0.15, 0.2) is 0 Å². The Morgan fingerprint density at radius 2 is 2.00 bits per heavy atom. The molecule has 1 fully saturated rings. The molecule has 0 bridgehead atoms. The van der Waals surface area contributed by atoms with E-state index in [1.807, 2.05) is 42.2 Å². The molecular formula is C23H23N7O2. The first-order valence-electron chi connectivity index (χ1n) is 10.5. The van der Waals surface area contributed by atoms with Crippen molar-refractivity contribution in [2.24, 2.45) is 0 Å². The van der Waals surface area contributed by atoms with Crippen LogP contribution in [0.25, 0.3) is 11.4 Å². The van der Waals surface area contributed by atoms with E-state index in [0.29, 0.717) is 37.4 Å². The number of aromatic nitrogens is 6. The number of nitrogens with zero attached hydrogens (tertiary/aromatic N) is 7. The minimum atomic E-state index is -0.0822. The number of hydrogen-bond donors (Lipinski definition) is 0. The normalized spacial score (nSPS) is 16.3. The fraction of sp³-hybridized carbons (Fsp3) is 0.261. The first-order valence-corrected chi connectivity index (χ1v) is 10.5. The van der Waals surface area contributed by atoms with E-state index >= 15 is 0 Å². The van der Waals surface area contributed by atoms with Gasteiger partial charge in [-0.2, -0.15) is 15.0 Å². The highest BCUT2D eigenvalue weighted by atomic mass is 16.5. The van der Waals surface area contributed by atoms with Gasteiger partial charge in [0, 0.05) is 6.54 Å². The molecule has 0 saturated carbocycles. The van der Waals surface area contributed by atoms with Gasteiger partial charge in [0.2, 0.25) is 0 Å². The van der Waals surface area contributed by atoms with Crippen LogP contribution in [0.5, 0.6) is 0 Å². The fourth-order valence-corrected chi connectivity index (χ4v) is 4.03. The van der Waals surface area contributed by atoms with Gasteiger partial charge >= 0.3 is 0 Å². The first kappa shape index (κ1) is 20.1. The van der Waals surface area contributed by atoms with Gasteiger partial charge in [-0.05, 0) is 43.2 Å². The van der Waals surface area contributed by atoms with Crippen molar-refractivity contribution >= 4 is 5.91 Å². The first-order chi connectivity index (χ1) is 15.7. The lowest BCUT2D eigenvalue weighted by molar-refractivity contribution is -0.00165. The van der Waals surface area contributed by atoms with Crippen molar-refractivity contribution in [3.8, 4) is 11.4 Å². The monoisotopic (exact) mass is 429 g/mol. The van der Waals surface area contributed by atoms with Gasteiger partial charge < -0.3 is 9.64 Å². The Hall–Kier alpha value is -3.85. The summed E-state index contributed by atoms with van der Waals surface area (Å²) in [7, 11) is 0. The van der Waals surface area contributed by atoms with Gasteiger partial charge in [-0.15, -0.1) is 5.10 Å². The highest BCUT2D eigenvalue weighted by molar-refractivity contribution is 5.98. The van der Waals surface area contributed by atoms with Crippen molar-refractivity contribution < 1.29 is 9.53 Å². The van der Waals surface area contributed by atoms with Crippen molar-refractivity contribution in [3.05, 3.63) is 83.9 Å². The summed E-state index contributed by atoms with van der Waals surface area (Å²) in [6, 6.07) is 13.8. The van der Waals surface area contributed by atoms with Crippen molar-refractivity contribution in [1.29, 1.82) is 0 Å². The summed E-state index contributed by atoms with van der Waals surface area (Å²) < 4.78 is 7.47. The van der Waals surface area contributed by atoms with Crippen molar-refractivity contribution in [3.63, 3.8) is 0 Å². The molecule has 3 heterocycles. The molecule has 0 N–H and O–H groups in total. The van der Waals surface area contributed by atoms with E-state index in [-0.39, 0.29) is 11.9 Å². The van der Waals surface area contributed by atoms with E-state index in [1.165, 1.54) is 4.80 Å². The maximum Gasteiger partial charge on any atom is 0.256 e. The molecule has 0 radical (unpaired) electrons. The number of amides is 1. The molecule has 2 aromatic carbocycles. The number of hydrogen-bond acceptors (Lipinski definition) is 6. The van der Waals surface area contributed by atoms with Crippen molar-refractivity contribution in [2.45, 2.75) is 19.4 Å². The van der Waals surface area contributed by atoms with Gasteiger partial charge in [-0.1, -0.05) is 29.0 Å². The summed E-state index contributed by atoms with van der Waals surface area (Å²) in [6.07, 6.45) is 7.34. The third kappa shape index (κ3) is 4.02. The van der Waals surface area contributed by atoms with Gasteiger partial charge in [0.25, 0.3) is 5.91 Å². The Morgan fingerprint density at radius 3 is 2.81 bits per heavy atom. The SMILES string of the molecule is Cc1ccc(-n2nccn2)c(C(=O)N2CCOCC2Cc2cccc(-n3ccnn3)c2)c1. The molecule has 1 saturated heterocycles. The molecule has 1 aliphatic heterocycles. The lowest BCUT2D eigenvalue weighted by atomic mass is 10.0. The second-order valence-electron chi connectivity index (χ2n) is 7.79. The molecule has 32 heavy (non-hydrogen) atoms. The average molecular weight is 429 g/mol. The second-order valence-corrected chi connectivity index (χ2v) is 7.79. The molecular weight excluding hydrogens is 406 g/mol. The Bertz CT molecular complexity index is 1210. The van der Waals surface area contributed by atoms with Crippen LogP contribution in [-0.4, -0.2) is 66.6 Å². The number of morpholine rings is 1. The molecule has 1 amide bonds. The van der Waals surface area contributed by atoms with E-state index in [2.05, 4.69) is 32.6 Å². The topological polar surface area (TPSA) is 91.0 Å². The molecule has 1 unspecified atom stereocenters. The minimum Gasteiger partial charge on any atom is -0.377 e. The third-order valence-corrected chi connectivity index (χ3v) is 5.57. The summed E-state index contributed by atoms with van der Waals surface area (Å²) in [5.74, 6) is -0.0401. The van der Waals surface area contributed by atoms with Crippen LogP contribution in [0, 0.1) is 6.92 Å². The van der Waals surface area contributed by atoms with Crippen LogP contribution in [0.4, 0.5) is 0 Å². The lowest BCUT2D eigenvalue weighted by Gasteiger charge is -2.36. The fourth-order valence-electron chi connectivity index (χ4n) is 4.03. The molecule has 1 atom stereocenters. The van der Waals surface area contributed by atoms with Crippen LogP contribution < -0.4 is 0 Å². The standard InChI is InChI=1S/C23H23N7O2/c1-17-5-6-22(30-25-7-8-26-30)21(13-17)23(31)28-11-12-32-16-20(28)15-18-3-2-4-19(14-18)29-10-9-24-27-29/h2-10,13-14,20H,11-12,15-16H2,1H3. The second kappa shape index (κ2) is 8.72. The van der Waals surface area contributed by atoms with Crippen LogP contribution in [0.1, 0.15) is 21.5 Å². The summed E-state index contributed by atoms with van der Waals surface area (Å²) in [5, 5.41) is 16.4. The lowest BCUT2D eigenvalue weighted by Crippen LogP contribution is -2.50. The van der Waals surface area contributed by atoms with E-state index < -0.39 is 0 Å². The Morgan fingerprint density at radius 1 is 1.12 bits per heavy atom. The van der Waals surface area contributed by atoms with E-state index in [4.69, 9.17) is 4.74 Å². The minimum absolute atomic E-state index is 0.0401. The van der Waals surface area contributed by atoms with Crippen LogP contribution in [0.15, 0.2) is 67.3 Å². The Kier molecular flexibility index (Phi) is 5.47. The molecule has 0 aliphatic carbocycles. The maximum absolute atomic E-state index is 13.7.